The molecule has 0 saturated heterocycles. The molecule has 0 aromatic rings. The second kappa shape index (κ2) is 45.8. The average Bonchev–Trinajstić information content (AvgIpc) is 3.18. The quantitative estimate of drug-likeness (QED) is 0.0362. The highest BCUT2D eigenvalue weighted by molar-refractivity contribution is 4.72. The standard InChI is InChI=1S/C50H104N2O4/c1-4-7-10-13-16-19-22-25-28-31-34-37-40-48(54)45-51(43-44-53)52(46-49(55)41-38-35-32-29-26-23-20-17-14-11-8-5-2)47-50(56)42-39-36-33-30-27-24-21-18-15-12-9-6-3/h48-50,53-56H,4-47H2,1-3H3. The van der Waals surface area contributed by atoms with E-state index in [1.807, 2.05) is 5.01 Å². The lowest BCUT2D eigenvalue weighted by atomic mass is 10.0. The lowest BCUT2D eigenvalue weighted by Gasteiger charge is -2.38. The number of hydrogen-bond donors (Lipinski definition) is 4. The zero-order valence-electron chi connectivity index (χ0n) is 38.5. The molecule has 338 valence electrons. The van der Waals surface area contributed by atoms with Crippen LogP contribution in [0.25, 0.3) is 0 Å². The van der Waals surface area contributed by atoms with Crippen molar-refractivity contribution in [1.82, 2.24) is 10.0 Å². The van der Waals surface area contributed by atoms with Gasteiger partial charge in [-0.1, -0.05) is 252 Å². The molecule has 0 bridgehead atoms. The molecule has 0 aliphatic carbocycles. The van der Waals surface area contributed by atoms with Crippen molar-refractivity contribution in [2.75, 3.05) is 32.8 Å². The van der Waals surface area contributed by atoms with Crippen molar-refractivity contribution in [2.24, 2.45) is 0 Å². The normalized spacial score (nSPS) is 13.7. The van der Waals surface area contributed by atoms with Crippen LogP contribution in [0.15, 0.2) is 0 Å². The molecule has 3 unspecified atom stereocenters. The molecule has 0 amide bonds. The van der Waals surface area contributed by atoms with Crippen LogP contribution >= 0.6 is 0 Å². The number of unbranched alkanes of at least 4 members (excludes halogenated alkanes) is 33. The third-order valence-electron chi connectivity index (χ3n) is 12.2. The maximum Gasteiger partial charge on any atom is 0.0681 e. The largest absolute Gasteiger partial charge is 0.395 e. The van der Waals surface area contributed by atoms with E-state index in [1.54, 1.807) is 0 Å². The summed E-state index contributed by atoms with van der Waals surface area (Å²) in [6, 6.07) is 0. The first-order valence-electron chi connectivity index (χ1n) is 25.6. The molecule has 0 heterocycles. The van der Waals surface area contributed by atoms with Crippen molar-refractivity contribution in [2.45, 2.75) is 289 Å². The molecule has 3 atom stereocenters. The molecule has 0 fully saturated rings. The van der Waals surface area contributed by atoms with E-state index in [0.717, 1.165) is 57.8 Å². The summed E-state index contributed by atoms with van der Waals surface area (Å²) in [6.45, 7) is 8.56. The van der Waals surface area contributed by atoms with Gasteiger partial charge < -0.3 is 20.4 Å². The molecule has 6 nitrogen and oxygen atoms in total. The number of rotatable bonds is 48. The number of aliphatic hydroxyl groups is 4. The molecule has 0 radical (unpaired) electrons. The van der Waals surface area contributed by atoms with Gasteiger partial charge in [-0.3, -0.25) is 0 Å². The molecule has 0 aliphatic heterocycles. The minimum atomic E-state index is -0.480. The first-order chi connectivity index (χ1) is 27.5. The van der Waals surface area contributed by atoms with Gasteiger partial charge in [-0.15, -0.1) is 0 Å². The van der Waals surface area contributed by atoms with E-state index >= 15 is 0 Å². The number of aliphatic hydroxyl groups excluding tert-OH is 4. The summed E-state index contributed by atoms with van der Waals surface area (Å²) in [7, 11) is 0. The van der Waals surface area contributed by atoms with Crippen molar-refractivity contribution >= 4 is 0 Å². The van der Waals surface area contributed by atoms with Gasteiger partial charge in [-0.2, -0.15) is 0 Å². The summed E-state index contributed by atoms with van der Waals surface area (Å²) in [5.74, 6) is 0. The van der Waals surface area contributed by atoms with Crippen LogP contribution in [-0.4, -0.2) is 81.5 Å². The summed E-state index contributed by atoms with van der Waals surface area (Å²) in [4.78, 5) is 0. The van der Waals surface area contributed by atoms with Gasteiger partial charge >= 0.3 is 0 Å². The molecular weight excluding hydrogens is 693 g/mol. The predicted octanol–water partition coefficient (Wildman–Crippen LogP) is 13.9. The SMILES string of the molecule is CCCCCCCCCCCCCCC(O)CN(CCO)N(CC(O)CCCCCCCCCCCCCC)CC(O)CCCCCCCCCCCCCC. The van der Waals surface area contributed by atoms with Gasteiger partial charge in [0, 0.05) is 26.2 Å². The van der Waals surface area contributed by atoms with Crippen LogP contribution in [0.2, 0.25) is 0 Å². The zero-order valence-corrected chi connectivity index (χ0v) is 38.5. The van der Waals surface area contributed by atoms with Crippen molar-refractivity contribution in [1.29, 1.82) is 0 Å². The van der Waals surface area contributed by atoms with E-state index in [2.05, 4.69) is 25.8 Å². The molecule has 4 N–H and O–H groups in total. The van der Waals surface area contributed by atoms with Crippen LogP contribution in [0, 0.1) is 0 Å². The Balaban J connectivity index is 4.69. The van der Waals surface area contributed by atoms with Gasteiger partial charge in [0.05, 0.1) is 24.9 Å². The van der Waals surface area contributed by atoms with Gasteiger partial charge in [0.2, 0.25) is 0 Å². The summed E-state index contributed by atoms with van der Waals surface area (Å²) in [6.07, 6.45) is 47.8. The summed E-state index contributed by atoms with van der Waals surface area (Å²) < 4.78 is 0. The lowest BCUT2D eigenvalue weighted by Crippen LogP contribution is -2.52. The minimum absolute atomic E-state index is 0.00844. The Bertz CT molecular complexity index is 691. The van der Waals surface area contributed by atoms with Gasteiger partial charge in [-0.05, 0) is 19.3 Å². The maximum absolute atomic E-state index is 11.2. The van der Waals surface area contributed by atoms with Crippen LogP contribution in [-0.2, 0) is 0 Å². The molecule has 0 spiro atoms. The van der Waals surface area contributed by atoms with Crippen molar-refractivity contribution in [3.05, 3.63) is 0 Å². The first kappa shape index (κ1) is 55.8. The summed E-state index contributed by atoms with van der Waals surface area (Å²) >= 11 is 0. The molecule has 0 rings (SSSR count). The molecule has 6 heteroatoms. The van der Waals surface area contributed by atoms with E-state index < -0.39 is 18.3 Å². The van der Waals surface area contributed by atoms with Gasteiger partial charge in [0.1, 0.15) is 0 Å². The second-order valence-corrected chi connectivity index (χ2v) is 18.0. The topological polar surface area (TPSA) is 87.4 Å². The second-order valence-electron chi connectivity index (χ2n) is 18.0. The molecule has 0 aromatic carbocycles. The van der Waals surface area contributed by atoms with Gasteiger partial charge in [-0.25, -0.2) is 10.0 Å². The highest BCUT2D eigenvalue weighted by atomic mass is 16.3. The molecule has 0 saturated carbocycles. The van der Waals surface area contributed by atoms with Gasteiger partial charge in [0.25, 0.3) is 0 Å². The fourth-order valence-electron chi connectivity index (χ4n) is 8.44. The number of hydrazine groups is 1. The third kappa shape index (κ3) is 40.5. The summed E-state index contributed by atoms with van der Waals surface area (Å²) in [5.41, 5.74) is 0. The van der Waals surface area contributed by atoms with E-state index in [0.29, 0.717) is 26.2 Å². The Morgan fingerprint density at radius 3 is 0.696 bits per heavy atom. The van der Waals surface area contributed by atoms with Crippen LogP contribution in [0.5, 0.6) is 0 Å². The average molecular weight is 797 g/mol. The predicted molar refractivity (Wildman–Crippen MR) is 245 cm³/mol. The Labute approximate surface area is 351 Å². The molecule has 0 aromatic heterocycles. The maximum atomic E-state index is 11.2. The Morgan fingerprint density at radius 1 is 0.286 bits per heavy atom. The monoisotopic (exact) mass is 797 g/mol. The molecule has 56 heavy (non-hydrogen) atoms. The van der Waals surface area contributed by atoms with E-state index in [9.17, 15) is 20.4 Å². The van der Waals surface area contributed by atoms with Crippen molar-refractivity contribution in [3.63, 3.8) is 0 Å². The minimum Gasteiger partial charge on any atom is -0.395 e. The first-order valence-corrected chi connectivity index (χ1v) is 25.6. The van der Waals surface area contributed by atoms with Gasteiger partial charge in [0.15, 0.2) is 0 Å². The van der Waals surface area contributed by atoms with E-state index in [-0.39, 0.29) is 6.61 Å². The number of hydrogen-bond acceptors (Lipinski definition) is 6. The smallest absolute Gasteiger partial charge is 0.0681 e. The fourth-order valence-corrected chi connectivity index (χ4v) is 8.44. The highest BCUT2D eigenvalue weighted by Gasteiger charge is 2.23. The Hall–Kier alpha value is -0.240. The van der Waals surface area contributed by atoms with Crippen LogP contribution < -0.4 is 0 Å². The number of nitrogens with zero attached hydrogens (tertiary/aromatic N) is 2. The van der Waals surface area contributed by atoms with Crippen molar-refractivity contribution < 1.29 is 20.4 Å². The highest BCUT2D eigenvalue weighted by Crippen LogP contribution is 2.18. The Kier molecular flexibility index (Phi) is 45.6. The summed E-state index contributed by atoms with van der Waals surface area (Å²) in [5, 5.41) is 47.6. The van der Waals surface area contributed by atoms with E-state index in [1.165, 1.54) is 193 Å². The Morgan fingerprint density at radius 2 is 0.482 bits per heavy atom. The van der Waals surface area contributed by atoms with E-state index in [4.69, 9.17) is 0 Å². The third-order valence-corrected chi connectivity index (χ3v) is 12.2. The molecule has 0 aliphatic rings. The zero-order chi connectivity index (χ0) is 41.0. The fraction of sp³-hybridized carbons (Fsp3) is 1.00. The van der Waals surface area contributed by atoms with Crippen LogP contribution in [0.3, 0.4) is 0 Å². The van der Waals surface area contributed by atoms with Crippen LogP contribution in [0.4, 0.5) is 0 Å². The molecular formula is C50H104N2O4. The van der Waals surface area contributed by atoms with Crippen molar-refractivity contribution in [3.8, 4) is 0 Å². The lowest BCUT2D eigenvalue weighted by molar-refractivity contribution is -0.101. The van der Waals surface area contributed by atoms with Crippen LogP contribution in [0.1, 0.15) is 271 Å².